The molecule has 0 unspecified atom stereocenters. The molecule has 0 radical (unpaired) electrons. The van der Waals surface area contributed by atoms with E-state index >= 15 is 4.39 Å². The second kappa shape index (κ2) is 12.8. The molecule has 3 fully saturated rings. The Hall–Kier alpha value is -2.52. The third kappa shape index (κ3) is 6.94. The van der Waals surface area contributed by atoms with Crippen LogP contribution in [0.25, 0.3) is 5.83 Å². The molecule has 5 rings (SSSR count). The highest BCUT2D eigenvalue weighted by Crippen LogP contribution is 2.44. The molecule has 0 bridgehead atoms. The predicted octanol–water partition coefficient (Wildman–Crippen LogP) is 9.64. The van der Waals surface area contributed by atoms with Crippen molar-refractivity contribution in [1.82, 2.24) is 0 Å². The predicted molar refractivity (Wildman–Crippen MR) is 143 cm³/mol. The van der Waals surface area contributed by atoms with E-state index in [1.54, 1.807) is 12.1 Å². The van der Waals surface area contributed by atoms with E-state index in [2.05, 4.69) is 6.92 Å². The van der Waals surface area contributed by atoms with Crippen LogP contribution >= 0.6 is 0 Å². The van der Waals surface area contributed by atoms with Crippen LogP contribution < -0.4 is 4.74 Å². The van der Waals surface area contributed by atoms with E-state index < -0.39 is 53.4 Å². The molecule has 0 aromatic heterocycles. The Morgan fingerprint density at radius 2 is 1.54 bits per heavy atom. The second-order valence-electron chi connectivity index (χ2n) is 11.9. The molecule has 3 aliphatic rings. The van der Waals surface area contributed by atoms with Crippen molar-refractivity contribution in [2.45, 2.75) is 76.6 Å². The number of hydrogen-bond acceptors (Lipinski definition) is 3. The van der Waals surface area contributed by atoms with E-state index in [0.29, 0.717) is 55.1 Å². The van der Waals surface area contributed by atoms with Crippen LogP contribution in [0.3, 0.4) is 0 Å². The zero-order chi connectivity index (χ0) is 29.1. The fourth-order valence-corrected chi connectivity index (χ4v) is 6.55. The summed E-state index contributed by atoms with van der Waals surface area (Å²) >= 11 is 0. The normalized spacial score (nSPS) is 29.8. The van der Waals surface area contributed by atoms with Crippen molar-refractivity contribution in [3.8, 4) is 5.75 Å². The molecule has 1 saturated heterocycles. The molecule has 0 atom stereocenters. The summed E-state index contributed by atoms with van der Waals surface area (Å²) in [5, 5.41) is 0. The molecule has 1 aliphatic heterocycles. The molecule has 3 nitrogen and oxygen atoms in total. The zero-order valence-corrected chi connectivity index (χ0v) is 23.1. The number of halogens is 6. The third-order valence-corrected chi connectivity index (χ3v) is 9.14. The Bertz CT molecular complexity index is 1210. The van der Waals surface area contributed by atoms with Gasteiger partial charge in [0.1, 0.15) is 23.7 Å². The summed E-state index contributed by atoms with van der Waals surface area (Å²) in [4.78, 5) is 0. The molecule has 2 saturated carbocycles. The lowest BCUT2D eigenvalue weighted by Crippen LogP contribution is -2.37. The minimum atomic E-state index is -3.61. The standard InChI is InChI=1S/C32H36F6O3/c1-19-2-4-20(5-3-19)23-17-39-31(40-18-23)22-8-12-26(28(34)14-22)21-6-9-24(10-7-21)32(37,38)41-25-11-13-27(29(35)15-25)30(36)16-33/h8,11-16,19-21,23-24,31H,2-7,9-10,17-18H2,1H3/b30-16-. The molecule has 2 aromatic carbocycles. The first kappa shape index (κ1) is 30.0. The summed E-state index contributed by atoms with van der Waals surface area (Å²) in [6, 6.07) is 7.31. The minimum absolute atomic E-state index is 0.0782. The van der Waals surface area contributed by atoms with E-state index in [0.717, 1.165) is 18.1 Å². The van der Waals surface area contributed by atoms with Gasteiger partial charge in [-0.3, -0.25) is 0 Å². The second-order valence-corrected chi connectivity index (χ2v) is 11.9. The van der Waals surface area contributed by atoms with Gasteiger partial charge in [0.15, 0.2) is 12.1 Å². The van der Waals surface area contributed by atoms with E-state index in [4.69, 9.17) is 14.2 Å². The molecular weight excluding hydrogens is 546 g/mol. The van der Waals surface area contributed by atoms with Gasteiger partial charge in [0, 0.05) is 23.1 Å². The van der Waals surface area contributed by atoms with Gasteiger partial charge >= 0.3 is 6.11 Å². The summed E-state index contributed by atoms with van der Waals surface area (Å²) < 4.78 is 101. The van der Waals surface area contributed by atoms with Crippen molar-refractivity contribution in [2.24, 2.45) is 23.7 Å². The van der Waals surface area contributed by atoms with Crippen LogP contribution in [0.4, 0.5) is 26.3 Å². The fraction of sp³-hybridized carbons (Fsp3) is 0.562. The van der Waals surface area contributed by atoms with Gasteiger partial charge in [-0.25, -0.2) is 17.6 Å². The van der Waals surface area contributed by atoms with Gasteiger partial charge in [-0.2, -0.15) is 8.78 Å². The quantitative estimate of drug-likeness (QED) is 0.304. The Balaban J connectivity index is 1.14. The molecule has 0 N–H and O–H groups in total. The lowest BCUT2D eigenvalue weighted by Gasteiger charge is -2.37. The van der Waals surface area contributed by atoms with Crippen LogP contribution in [0.5, 0.6) is 5.75 Å². The Morgan fingerprint density at radius 3 is 2.15 bits per heavy atom. The maximum atomic E-state index is 15.2. The van der Waals surface area contributed by atoms with Gasteiger partial charge in [0.2, 0.25) is 0 Å². The minimum Gasteiger partial charge on any atom is -0.432 e. The molecular formula is C32H36F6O3. The average molecular weight is 583 g/mol. The molecule has 9 heteroatoms. The van der Waals surface area contributed by atoms with E-state index in [-0.39, 0.29) is 18.8 Å². The molecule has 224 valence electrons. The summed E-state index contributed by atoms with van der Waals surface area (Å²) in [5.74, 6) is -3.19. The van der Waals surface area contributed by atoms with Crippen LogP contribution in [0.1, 0.15) is 87.2 Å². The largest absolute Gasteiger partial charge is 0.432 e. The van der Waals surface area contributed by atoms with Crippen LogP contribution in [-0.4, -0.2) is 19.3 Å². The van der Waals surface area contributed by atoms with Gasteiger partial charge in [0.25, 0.3) is 0 Å². The Kier molecular flexibility index (Phi) is 9.33. The molecule has 41 heavy (non-hydrogen) atoms. The van der Waals surface area contributed by atoms with E-state index in [9.17, 15) is 22.0 Å². The van der Waals surface area contributed by atoms with Gasteiger partial charge in [-0.15, -0.1) is 0 Å². The molecule has 1 heterocycles. The van der Waals surface area contributed by atoms with Crippen LogP contribution in [0, 0.1) is 35.3 Å². The number of benzene rings is 2. The number of rotatable bonds is 7. The summed E-state index contributed by atoms with van der Waals surface area (Å²) in [6.45, 7) is 3.48. The van der Waals surface area contributed by atoms with Gasteiger partial charge in [-0.05, 0) is 80.0 Å². The highest BCUT2D eigenvalue weighted by Gasteiger charge is 2.44. The monoisotopic (exact) mass is 582 g/mol. The summed E-state index contributed by atoms with van der Waals surface area (Å²) in [7, 11) is 0. The Morgan fingerprint density at radius 1 is 0.854 bits per heavy atom. The van der Waals surface area contributed by atoms with Crippen molar-refractivity contribution in [2.75, 3.05) is 13.2 Å². The molecule has 2 aliphatic carbocycles. The van der Waals surface area contributed by atoms with Crippen molar-refractivity contribution in [3.05, 3.63) is 71.1 Å². The van der Waals surface area contributed by atoms with E-state index in [1.807, 2.05) is 0 Å². The van der Waals surface area contributed by atoms with Crippen molar-refractivity contribution >= 4 is 5.83 Å². The zero-order valence-electron chi connectivity index (χ0n) is 23.1. The number of hydrogen-bond donors (Lipinski definition) is 0. The molecule has 2 aromatic rings. The van der Waals surface area contributed by atoms with Crippen molar-refractivity contribution < 1.29 is 40.6 Å². The summed E-state index contributed by atoms with van der Waals surface area (Å²) in [5.41, 5.74) is 0.398. The SMILES string of the molecule is CC1CCC(C2COC(c3ccc(C4CCC(C(F)(F)Oc5ccc(/C(F)=C/F)c(F)c5)CC4)c(F)c3)OC2)CC1. The average Bonchev–Trinajstić information content (AvgIpc) is 2.97. The smallest absolute Gasteiger partial charge is 0.400 e. The molecule has 0 spiro atoms. The first-order valence-corrected chi connectivity index (χ1v) is 14.5. The van der Waals surface area contributed by atoms with Crippen molar-refractivity contribution in [3.63, 3.8) is 0 Å². The number of ether oxygens (including phenoxy) is 3. The first-order valence-electron chi connectivity index (χ1n) is 14.5. The van der Waals surface area contributed by atoms with Crippen LogP contribution in [0.2, 0.25) is 0 Å². The fourth-order valence-electron chi connectivity index (χ4n) is 6.55. The topological polar surface area (TPSA) is 27.7 Å². The van der Waals surface area contributed by atoms with Gasteiger partial charge < -0.3 is 14.2 Å². The van der Waals surface area contributed by atoms with Crippen LogP contribution in [-0.2, 0) is 9.47 Å². The third-order valence-electron chi connectivity index (χ3n) is 9.14. The maximum Gasteiger partial charge on any atom is 0.400 e. The number of alkyl halides is 2. The lowest BCUT2D eigenvalue weighted by atomic mass is 9.76. The highest BCUT2D eigenvalue weighted by atomic mass is 19.3. The highest BCUT2D eigenvalue weighted by molar-refractivity contribution is 5.59. The van der Waals surface area contributed by atoms with E-state index in [1.165, 1.54) is 31.7 Å². The van der Waals surface area contributed by atoms with Gasteiger partial charge in [-0.1, -0.05) is 31.9 Å². The summed E-state index contributed by atoms with van der Waals surface area (Å²) in [6.07, 6.45) is 1.04. The van der Waals surface area contributed by atoms with Gasteiger partial charge in [0.05, 0.1) is 19.1 Å². The molecule has 0 amide bonds. The van der Waals surface area contributed by atoms with Crippen LogP contribution in [0.15, 0.2) is 42.7 Å². The maximum absolute atomic E-state index is 15.2. The van der Waals surface area contributed by atoms with Crippen molar-refractivity contribution in [1.29, 1.82) is 0 Å². The first-order chi connectivity index (χ1) is 19.6. The Labute approximate surface area is 236 Å². The lowest BCUT2D eigenvalue weighted by molar-refractivity contribution is -0.222.